The van der Waals surface area contributed by atoms with Crippen LogP contribution in [0.2, 0.25) is 0 Å². The summed E-state index contributed by atoms with van der Waals surface area (Å²) in [7, 11) is 0. The van der Waals surface area contributed by atoms with Crippen molar-refractivity contribution in [3.05, 3.63) is 77.5 Å². The van der Waals surface area contributed by atoms with E-state index in [9.17, 15) is 4.79 Å². The standard InChI is InChI=1S/C24H25N3O2/c1-18-9-10-20(21-8-5-11-25-22(18)21)15-26-12-13-27-23(28)29-17-24(27,16-26)14-19-6-3-2-4-7-19/h2-11H,12-17H2,1H3. The molecule has 0 bridgehead atoms. The Hall–Kier alpha value is -2.92. The average Bonchev–Trinajstić information content (AvgIpc) is 3.07. The van der Waals surface area contributed by atoms with Crippen molar-refractivity contribution in [3.63, 3.8) is 0 Å². The Kier molecular flexibility index (Phi) is 4.47. The van der Waals surface area contributed by atoms with Crippen LogP contribution in [-0.4, -0.2) is 52.7 Å². The van der Waals surface area contributed by atoms with Gasteiger partial charge in [0.25, 0.3) is 0 Å². The van der Waals surface area contributed by atoms with E-state index in [2.05, 4.69) is 59.3 Å². The van der Waals surface area contributed by atoms with Crippen molar-refractivity contribution in [1.82, 2.24) is 14.8 Å². The monoisotopic (exact) mass is 387 g/mol. The molecule has 148 valence electrons. The Morgan fingerprint density at radius 3 is 2.79 bits per heavy atom. The van der Waals surface area contributed by atoms with E-state index in [1.165, 1.54) is 22.1 Å². The number of aromatic nitrogens is 1. The third kappa shape index (κ3) is 3.25. The highest BCUT2D eigenvalue weighted by molar-refractivity contribution is 5.84. The maximum Gasteiger partial charge on any atom is 0.410 e. The van der Waals surface area contributed by atoms with Crippen molar-refractivity contribution in [2.45, 2.75) is 25.4 Å². The molecule has 0 N–H and O–H groups in total. The molecule has 3 heterocycles. The lowest BCUT2D eigenvalue weighted by atomic mass is 9.88. The van der Waals surface area contributed by atoms with Gasteiger partial charge in [-0.1, -0.05) is 48.5 Å². The van der Waals surface area contributed by atoms with Crippen LogP contribution in [-0.2, 0) is 17.7 Å². The summed E-state index contributed by atoms with van der Waals surface area (Å²) in [6.45, 7) is 5.76. The molecular weight excluding hydrogens is 362 g/mol. The van der Waals surface area contributed by atoms with Gasteiger partial charge in [0.2, 0.25) is 0 Å². The molecule has 2 fully saturated rings. The fraction of sp³-hybridized carbons (Fsp3) is 0.333. The fourth-order valence-corrected chi connectivity index (χ4v) is 4.81. The number of fused-ring (bicyclic) bond motifs is 2. The van der Waals surface area contributed by atoms with Crippen molar-refractivity contribution in [3.8, 4) is 0 Å². The zero-order valence-corrected chi connectivity index (χ0v) is 16.7. The van der Waals surface area contributed by atoms with Gasteiger partial charge >= 0.3 is 6.09 Å². The molecule has 2 saturated heterocycles. The first-order valence-electron chi connectivity index (χ1n) is 10.2. The number of ether oxygens (including phenoxy) is 1. The Morgan fingerprint density at radius 2 is 1.93 bits per heavy atom. The van der Waals surface area contributed by atoms with Crippen LogP contribution in [0.25, 0.3) is 10.9 Å². The molecule has 1 aromatic heterocycles. The summed E-state index contributed by atoms with van der Waals surface area (Å²) in [6, 6.07) is 18.9. The first kappa shape index (κ1) is 18.1. The van der Waals surface area contributed by atoms with E-state index < -0.39 is 0 Å². The van der Waals surface area contributed by atoms with E-state index in [1.807, 2.05) is 23.2 Å². The molecule has 1 amide bonds. The third-order valence-corrected chi connectivity index (χ3v) is 6.25. The SMILES string of the molecule is Cc1ccc(CN2CCN3C(=O)OCC3(Cc3ccccc3)C2)c2cccnc12. The van der Waals surface area contributed by atoms with Gasteiger partial charge in [0.15, 0.2) is 0 Å². The molecule has 0 spiro atoms. The Labute approximate surface area is 170 Å². The van der Waals surface area contributed by atoms with Crippen LogP contribution < -0.4 is 0 Å². The molecule has 5 nitrogen and oxygen atoms in total. The second kappa shape index (κ2) is 7.16. The Bertz CT molecular complexity index is 1050. The summed E-state index contributed by atoms with van der Waals surface area (Å²) in [5, 5.41) is 1.21. The van der Waals surface area contributed by atoms with Crippen LogP contribution in [0.4, 0.5) is 4.79 Å². The number of carbonyl (C=O) groups excluding carboxylic acids is 1. The lowest BCUT2D eigenvalue weighted by Crippen LogP contribution is -2.62. The van der Waals surface area contributed by atoms with E-state index in [4.69, 9.17) is 4.74 Å². The predicted molar refractivity (Wildman–Crippen MR) is 113 cm³/mol. The van der Waals surface area contributed by atoms with Crippen LogP contribution in [0.5, 0.6) is 0 Å². The molecule has 2 aliphatic rings. The quantitative estimate of drug-likeness (QED) is 0.683. The Morgan fingerprint density at radius 1 is 1.07 bits per heavy atom. The molecule has 0 radical (unpaired) electrons. The van der Waals surface area contributed by atoms with E-state index in [1.54, 1.807) is 0 Å². The topological polar surface area (TPSA) is 45.7 Å². The van der Waals surface area contributed by atoms with Crippen molar-refractivity contribution in [2.24, 2.45) is 0 Å². The summed E-state index contributed by atoms with van der Waals surface area (Å²) < 4.78 is 5.51. The lowest BCUT2D eigenvalue weighted by molar-refractivity contribution is 0.0478. The van der Waals surface area contributed by atoms with E-state index in [-0.39, 0.29) is 11.6 Å². The third-order valence-electron chi connectivity index (χ3n) is 6.25. The second-order valence-corrected chi connectivity index (χ2v) is 8.24. The van der Waals surface area contributed by atoms with Crippen LogP contribution in [0.15, 0.2) is 60.8 Å². The van der Waals surface area contributed by atoms with Gasteiger partial charge in [-0.05, 0) is 29.7 Å². The first-order chi connectivity index (χ1) is 14.1. The summed E-state index contributed by atoms with van der Waals surface area (Å²) in [5.74, 6) is 0. The second-order valence-electron chi connectivity index (χ2n) is 8.24. The van der Waals surface area contributed by atoms with Gasteiger partial charge in [-0.25, -0.2) is 4.79 Å². The summed E-state index contributed by atoms with van der Waals surface area (Å²) in [6.07, 6.45) is 2.49. The van der Waals surface area contributed by atoms with Crippen LogP contribution in [0, 0.1) is 6.92 Å². The van der Waals surface area contributed by atoms with Crippen LogP contribution in [0.3, 0.4) is 0 Å². The lowest BCUT2D eigenvalue weighted by Gasteiger charge is -2.45. The number of nitrogens with zero attached hydrogens (tertiary/aromatic N) is 3. The fourth-order valence-electron chi connectivity index (χ4n) is 4.81. The van der Waals surface area contributed by atoms with Crippen molar-refractivity contribution < 1.29 is 9.53 Å². The molecule has 1 unspecified atom stereocenters. The molecule has 29 heavy (non-hydrogen) atoms. The molecule has 3 aromatic rings. The number of piperazine rings is 1. The minimum atomic E-state index is -0.296. The minimum Gasteiger partial charge on any atom is -0.447 e. The van der Waals surface area contributed by atoms with Crippen LogP contribution in [0.1, 0.15) is 16.7 Å². The molecule has 0 saturated carbocycles. The van der Waals surface area contributed by atoms with Crippen molar-refractivity contribution >= 4 is 17.0 Å². The summed E-state index contributed by atoms with van der Waals surface area (Å²) in [5.41, 5.74) is 4.50. The zero-order valence-electron chi connectivity index (χ0n) is 16.7. The number of carbonyl (C=O) groups is 1. The number of rotatable bonds is 4. The maximum absolute atomic E-state index is 12.4. The highest BCUT2D eigenvalue weighted by Gasteiger charge is 2.50. The van der Waals surface area contributed by atoms with E-state index in [0.29, 0.717) is 13.2 Å². The number of hydrogen-bond acceptors (Lipinski definition) is 4. The van der Waals surface area contributed by atoms with E-state index >= 15 is 0 Å². The molecule has 0 aliphatic carbocycles. The normalized spacial score (nSPS) is 22.0. The average molecular weight is 387 g/mol. The van der Waals surface area contributed by atoms with Crippen molar-refractivity contribution in [1.29, 1.82) is 0 Å². The zero-order chi connectivity index (χ0) is 19.8. The molecule has 5 rings (SSSR count). The number of amides is 1. The number of aryl methyl sites for hydroxylation is 1. The molecule has 2 aliphatic heterocycles. The summed E-state index contributed by atoms with van der Waals surface area (Å²) >= 11 is 0. The van der Waals surface area contributed by atoms with Gasteiger partial charge in [-0.3, -0.25) is 14.8 Å². The number of hydrogen-bond donors (Lipinski definition) is 0. The first-order valence-corrected chi connectivity index (χ1v) is 10.2. The number of cyclic esters (lactones) is 1. The largest absolute Gasteiger partial charge is 0.447 e. The van der Waals surface area contributed by atoms with Gasteiger partial charge in [0.05, 0.1) is 11.1 Å². The highest BCUT2D eigenvalue weighted by Crippen LogP contribution is 2.33. The maximum atomic E-state index is 12.4. The van der Waals surface area contributed by atoms with Gasteiger partial charge in [0.1, 0.15) is 6.61 Å². The minimum absolute atomic E-state index is 0.175. The molecule has 5 heteroatoms. The van der Waals surface area contributed by atoms with Gasteiger partial charge in [-0.15, -0.1) is 0 Å². The van der Waals surface area contributed by atoms with Gasteiger partial charge < -0.3 is 4.74 Å². The highest BCUT2D eigenvalue weighted by atomic mass is 16.6. The molecular formula is C24H25N3O2. The number of benzene rings is 2. The smallest absolute Gasteiger partial charge is 0.410 e. The van der Waals surface area contributed by atoms with E-state index in [0.717, 1.165) is 31.6 Å². The van der Waals surface area contributed by atoms with Gasteiger partial charge in [0, 0.05) is 44.2 Å². The number of pyridine rings is 1. The Balaban J connectivity index is 1.43. The summed E-state index contributed by atoms with van der Waals surface area (Å²) in [4.78, 5) is 21.3. The molecule has 2 aromatic carbocycles. The van der Waals surface area contributed by atoms with Gasteiger partial charge in [-0.2, -0.15) is 0 Å². The van der Waals surface area contributed by atoms with Crippen molar-refractivity contribution in [2.75, 3.05) is 26.2 Å². The van der Waals surface area contributed by atoms with Crippen LogP contribution >= 0.6 is 0 Å². The molecule has 1 atom stereocenters. The predicted octanol–water partition coefficient (Wildman–Crippen LogP) is 3.79.